The molecule has 1 rings (SSSR count). The molecule has 15 heavy (non-hydrogen) atoms. The summed E-state index contributed by atoms with van der Waals surface area (Å²) in [6.45, 7) is 2.54. The number of nitrogens with one attached hydrogen (secondary N) is 1. The van der Waals surface area contributed by atoms with Gasteiger partial charge in [0, 0.05) is 11.9 Å². The molecule has 0 aliphatic rings. The quantitative estimate of drug-likeness (QED) is 0.757. The maximum atomic E-state index is 11.5. The molecule has 0 saturated heterocycles. The highest BCUT2D eigenvalue weighted by atomic mass is 32.1. The first-order valence-electron chi connectivity index (χ1n) is 4.74. The molecule has 1 amide bonds. The van der Waals surface area contributed by atoms with Gasteiger partial charge in [0.15, 0.2) is 0 Å². The van der Waals surface area contributed by atoms with Crippen molar-refractivity contribution in [2.24, 2.45) is 0 Å². The maximum absolute atomic E-state index is 11.5. The summed E-state index contributed by atoms with van der Waals surface area (Å²) in [6, 6.07) is 1.73. The van der Waals surface area contributed by atoms with Gasteiger partial charge >= 0.3 is 0 Å². The van der Waals surface area contributed by atoms with Crippen molar-refractivity contribution in [3.05, 3.63) is 21.9 Å². The summed E-state index contributed by atoms with van der Waals surface area (Å²) in [5.74, 6) is 5.24. The second-order valence-electron chi connectivity index (χ2n) is 2.92. The van der Waals surface area contributed by atoms with Crippen LogP contribution in [-0.4, -0.2) is 24.2 Å². The Bertz CT molecular complexity index is 387. The summed E-state index contributed by atoms with van der Waals surface area (Å²) in [4.78, 5) is 12.3. The van der Waals surface area contributed by atoms with Gasteiger partial charge < -0.3 is 10.4 Å². The van der Waals surface area contributed by atoms with Crippen LogP contribution in [0, 0.1) is 11.8 Å². The van der Waals surface area contributed by atoms with Gasteiger partial charge in [-0.05, 0) is 12.5 Å². The van der Waals surface area contributed by atoms with Gasteiger partial charge in [0.25, 0.3) is 5.91 Å². The Morgan fingerprint density at radius 3 is 3.13 bits per heavy atom. The predicted octanol–water partition coefficient (Wildman–Crippen LogP) is 1.23. The van der Waals surface area contributed by atoms with E-state index in [1.54, 1.807) is 11.4 Å². The molecule has 4 heteroatoms. The third-order valence-corrected chi connectivity index (χ3v) is 2.53. The van der Waals surface area contributed by atoms with Crippen molar-refractivity contribution in [2.45, 2.75) is 13.3 Å². The van der Waals surface area contributed by atoms with Crippen molar-refractivity contribution >= 4 is 17.2 Å². The van der Waals surface area contributed by atoms with Gasteiger partial charge in [0.05, 0.1) is 10.4 Å². The van der Waals surface area contributed by atoms with Crippen LogP contribution in [0.15, 0.2) is 11.4 Å². The highest BCUT2D eigenvalue weighted by molar-refractivity contribution is 7.10. The molecule has 3 nitrogen and oxygen atoms in total. The van der Waals surface area contributed by atoms with Crippen molar-refractivity contribution in [2.75, 3.05) is 13.2 Å². The maximum Gasteiger partial charge on any atom is 0.252 e. The summed E-state index contributed by atoms with van der Waals surface area (Å²) in [5.41, 5.74) is 0.635. The first kappa shape index (κ1) is 11.8. The number of amides is 1. The molecule has 0 atom stereocenters. The molecule has 1 heterocycles. The molecule has 0 aliphatic carbocycles. The lowest BCUT2D eigenvalue weighted by atomic mass is 10.3. The molecule has 0 spiro atoms. The van der Waals surface area contributed by atoms with Gasteiger partial charge in [-0.25, -0.2) is 0 Å². The van der Waals surface area contributed by atoms with Gasteiger partial charge in [-0.2, -0.15) is 0 Å². The lowest BCUT2D eigenvalue weighted by Gasteiger charge is -1.99. The molecular weight excluding hydrogens is 210 g/mol. The van der Waals surface area contributed by atoms with E-state index in [-0.39, 0.29) is 12.5 Å². The fraction of sp³-hybridized carbons (Fsp3) is 0.364. The normalized spacial score (nSPS) is 9.20. The number of carbonyl (C=O) groups excluding carboxylic acids is 1. The average molecular weight is 223 g/mol. The van der Waals surface area contributed by atoms with E-state index in [0.29, 0.717) is 12.1 Å². The Morgan fingerprint density at radius 2 is 2.47 bits per heavy atom. The molecule has 80 valence electrons. The Labute approximate surface area is 93.1 Å². The summed E-state index contributed by atoms with van der Waals surface area (Å²) in [6.07, 6.45) is 0.924. The number of carbonyl (C=O) groups is 1. The SMILES string of the molecule is CCCNC(=O)c1csc(C#CCO)c1. The second-order valence-corrected chi connectivity index (χ2v) is 3.83. The largest absolute Gasteiger partial charge is 0.384 e. The van der Waals surface area contributed by atoms with Crippen molar-refractivity contribution in [1.29, 1.82) is 0 Å². The van der Waals surface area contributed by atoms with Crippen LogP contribution in [0.2, 0.25) is 0 Å². The smallest absolute Gasteiger partial charge is 0.252 e. The van der Waals surface area contributed by atoms with Gasteiger partial charge in [0.2, 0.25) is 0 Å². The molecule has 0 radical (unpaired) electrons. The van der Waals surface area contributed by atoms with Crippen LogP contribution < -0.4 is 5.32 Å². The van der Waals surface area contributed by atoms with Crippen molar-refractivity contribution < 1.29 is 9.90 Å². The first-order chi connectivity index (χ1) is 7.27. The fourth-order valence-electron chi connectivity index (χ4n) is 0.988. The van der Waals surface area contributed by atoms with Crippen LogP contribution in [0.3, 0.4) is 0 Å². The van der Waals surface area contributed by atoms with Crippen molar-refractivity contribution in [1.82, 2.24) is 5.32 Å². The van der Waals surface area contributed by atoms with Crippen LogP contribution in [0.4, 0.5) is 0 Å². The van der Waals surface area contributed by atoms with Crippen LogP contribution in [0.1, 0.15) is 28.6 Å². The summed E-state index contributed by atoms with van der Waals surface area (Å²) in [7, 11) is 0. The van der Waals surface area contributed by atoms with E-state index >= 15 is 0 Å². The highest BCUT2D eigenvalue weighted by Crippen LogP contribution is 2.13. The Hall–Kier alpha value is -1.31. The summed E-state index contributed by atoms with van der Waals surface area (Å²) >= 11 is 1.41. The topological polar surface area (TPSA) is 49.3 Å². The zero-order valence-corrected chi connectivity index (χ0v) is 9.36. The Kier molecular flexibility index (Phi) is 4.88. The van der Waals surface area contributed by atoms with Crippen LogP contribution in [0.25, 0.3) is 0 Å². The molecule has 0 bridgehead atoms. The molecule has 0 saturated carbocycles. The molecule has 0 aromatic carbocycles. The monoisotopic (exact) mass is 223 g/mol. The van der Waals surface area contributed by atoms with Gasteiger partial charge in [-0.15, -0.1) is 11.3 Å². The minimum absolute atomic E-state index is 0.0647. The number of aliphatic hydroxyl groups is 1. The first-order valence-corrected chi connectivity index (χ1v) is 5.62. The van der Waals surface area contributed by atoms with E-state index in [1.165, 1.54) is 11.3 Å². The highest BCUT2D eigenvalue weighted by Gasteiger charge is 2.06. The number of hydrogen-bond donors (Lipinski definition) is 2. The molecule has 0 aliphatic heterocycles. The van der Waals surface area contributed by atoms with Crippen molar-refractivity contribution in [3.8, 4) is 11.8 Å². The second kappa shape index (κ2) is 6.23. The van der Waals surface area contributed by atoms with Gasteiger partial charge in [-0.3, -0.25) is 4.79 Å². The molecule has 1 aromatic heterocycles. The van der Waals surface area contributed by atoms with E-state index in [2.05, 4.69) is 17.2 Å². The zero-order chi connectivity index (χ0) is 11.1. The van der Waals surface area contributed by atoms with E-state index in [4.69, 9.17) is 5.11 Å². The number of rotatable bonds is 3. The predicted molar refractivity (Wildman–Crippen MR) is 60.9 cm³/mol. The number of hydrogen-bond acceptors (Lipinski definition) is 3. The summed E-state index contributed by atoms with van der Waals surface area (Å²) in [5, 5.41) is 13.1. The molecule has 0 fully saturated rings. The standard InChI is InChI=1S/C11H13NO2S/c1-2-5-12-11(14)9-7-10(15-8-9)4-3-6-13/h7-8,13H,2,5-6H2,1H3,(H,12,14). The van der Waals surface area contributed by atoms with E-state index in [0.717, 1.165) is 11.3 Å². The Balaban J connectivity index is 2.63. The van der Waals surface area contributed by atoms with Gasteiger partial charge in [0.1, 0.15) is 6.61 Å². The van der Waals surface area contributed by atoms with E-state index in [1.807, 2.05) is 6.92 Å². The minimum Gasteiger partial charge on any atom is -0.384 e. The molecule has 1 aromatic rings. The fourth-order valence-corrected chi connectivity index (χ4v) is 1.74. The number of thiophene rings is 1. The van der Waals surface area contributed by atoms with Crippen LogP contribution >= 0.6 is 11.3 Å². The third-order valence-electron chi connectivity index (χ3n) is 1.69. The van der Waals surface area contributed by atoms with Crippen LogP contribution in [-0.2, 0) is 0 Å². The van der Waals surface area contributed by atoms with Crippen LogP contribution in [0.5, 0.6) is 0 Å². The van der Waals surface area contributed by atoms with Crippen molar-refractivity contribution in [3.63, 3.8) is 0 Å². The lowest BCUT2D eigenvalue weighted by Crippen LogP contribution is -2.23. The number of aliphatic hydroxyl groups excluding tert-OH is 1. The third kappa shape index (κ3) is 3.74. The molecule has 0 unspecified atom stereocenters. The minimum atomic E-state index is -0.157. The zero-order valence-electron chi connectivity index (χ0n) is 8.54. The molecule has 2 N–H and O–H groups in total. The van der Waals surface area contributed by atoms with E-state index in [9.17, 15) is 4.79 Å². The molecular formula is C11H13NO2S. The lowest BCUT2D eigenvalue weighted by molar-refractivity contribution is 0.0954. The van der Waals surface area contributed by atoms with Gasteiger partial charge in [-0.1, -0.05) is 18.8 Å². The van der Waals surface area contributed by atoms with E-state index < -0.39 is 0 Å². The Morgan fingerprint density at radius 1 is 1.67 bits per heavy atom. The average Bonchev–Trinajstić information content (AvgIpc) is 2.71. The summed E-state index contributed by atoms with van der Waals surface area (Å²) < 4.78 is 0.